The average Bonchev–Trinajstić information content (AvgIpc) is 2.30. The summed E-state index contributed by atoms with van der Waals surface area (Å²) in [5, 5.41) is 9.59. The Morgan fingerprint density at radius 1 is 1.50 bits per heavy atom. The van der Waals surface area contributed by atoms with E-state index in [0.717, 1.165) is 12.0 Å². The highest BCUT2D eigenvalue weighted by Gasteiger charge is 2.17. The zero-order valence-electron chi connectivity index (χ0n) is 9.48. The first-order chi connectivity index (χ1) is 7.56. The van der Waals surface area contributed by atoms with E-state index in [1.54, 1.807) is 24.1 Å². The number of benzene rings is 1. The topological polar surface area (TPSA) is 40.5 Å². The van der Waals surface area contributed by atoms with Gasteiger partial charge in [-0.2, -0.15) is 0 Å². The van der Waals surface area contributed by atoms with Gasteiger partial charge in [-0.1, -0.05) is 41.1 Å². The normalized spacial score (nSPS) is 12.2. The molecule has 0 aliphatic heterocycles. The molecule has 3 nitrogen and oxygen atoms in total. The van der Waals surface area contributed by atoms with Gasteiger partial charge in [0.2, 0.25) is 5.91 Å². The van der Waals surface area contributed by atoms with E-state index in [-0.39, 0.29) is 16.5 Å². The van der Waals surface area contributed by atoms with Crippen LogP contribution in [0, 0.1) is 0 Å². The van der Waals surface area contributed by atoms with Crippen molar-refractivity contribution in [3.8, 4) is 5.75 Å². The fourth-order valence-electron chi connectivity index (χ4n) is 1.39. The van der Waals surface area contributed by atoms with Crippen molar-refractivity contribution in [2.75, 3.05) is 7.05 Å². The Morgan fingerprint density at radius 3 is 2.69 bits per heavy atom. The number of hydrogen-bond donors (Lipinski definition) is 1. The maximum absolute atomic E-state index is 11.8. The molecule has 1 aromatic rings. The lowest BCUT2D eigenvalue weighted by atomic mass is 10.2. The molecule has 0 aliphatic carbocycles. The van der Waals surface area contributed by atoms with Crippen LogP contribution in [0.1, 0.15) is 18.9 Å². The van der Waals surface area contributed by atoms with Gasteiger partial charge in [0.05, 0.1) is 4.83 Å². The highest BCUT2D eigenvalue weighted by Crippen LogP contribution is 2.18. The number of carbonyl (C=O) groups excluding carboxylic acids is 1. The van der Waals surface area contributed by atoms with Crippen LogP contribution in [0.2, 0.25) is 0 Å². The summed E-state index contributed by atoms with van der Waals surface area (Å²) in [4.78, 5) is 13.2. The molecule has 1 N–H and O–H groups in total. The zero-order chi connectivity index (χ0) is 12.1. The molecular weight excluding hydrogens is 270 g/mol. The number of aromatic hydroxyl groups is 1. The van der Waals surface area contributed by atoms with Gasteiger partial charge in [-0.05, 0) is 12.5 Å². The predicted octanol–water partition coefficient (Wildman–Crippen LogP) is 2.52. The number of phenols is 1. The van der Waals surface area contributed by atoms with E-state index in [1.807, 2.05) is 19.1 Å². The molecule has 1 unspecified atom stereocenters. The van der Waals surface area contributed by atoms with Gasteiger partial charge in [-0.25, -0.2) is 0 Å². The summed E-state index contributed by atoms with van der Waals surface area (Å²) in [7, 11) is 1.73. The van der Waals surface area contributed by atoms with Crippen LogP contribution >= 0.6 is 15.9 Å². The van der Waals surface area contributed by atoms with E-state index >= 15 is 0 Å². The molecule has 0 aliphatic rings. The molecule has 1 amide bonds. The largest absolute Gasteiger partial charge is 0.508 e. The first kappa shape index (κ1) is 13.0. The number of phenolic OH excluding ortho intramolecular Hbond substituents is 1. The monoisotopic (exact) mass is 285 g/mol. The summed E-state index contributed by atoms with van der Waals surface area (Å²) < 4.78 is 0. The van der Waals surface area contributed by atoms with Gasteiger partial charge in [0, 0.05) is 19.2 Å². The van der Waals surface area contributed by atoms with Crippen LogP contribution in [-0.2, 0) is 11.3 Å². The third kappa shape index (κ3) is 3.23. The van der Waals surface area contributed by atoms with E-state index in [1.165, 1.54) is 0 Å². The second-order valence-electron chi connectivity index (χ2n) is 3.70. The van der Waals surface area contributed by atoms with E-state index in [9.17, 15) is 9.90 Å². The Bertz CT molecular complexity index is 368. The summed E-state index contributed by atoms with van der Waals surface area (Å²) in [5.41, 5.74) is 0.758. The number of alkyl halides is 1. The van der Waals surface area contributed by atoms with Crippen LogP contribution in [0.5, 0.6) is 5.75 Å². The molecule has 1 rings (SSSR count). The number of carbonyl (C=O) groups is 1. The Hall–Kier alpha value is -1.03. The maximum Gasteiger partial charge on any atom is 0.236 e. The van der Waals surface area contributed by atoms with Crippen molar-refractivity contribution in [1.82, 2.24) is 4.90 Å². The van der Waals surface area contributed by atoms with Gasteiger partial charge < -0.3 is 10.0 Å². The van der Waals surface area contributed by atoms with Crippen molar-refractivity contribution in [1.29, 1.82) is 0 Å². The molecule has 0 spiro atoms. The van der Waals surface area contributed by atoms with Crippen LogP contribution in [0.15, 0.2) is 24.3 Å². The minimum absolute atomic E-state index is 0.0331. The molecule has 4 heteroatoms. The highest BCUT2D eigenvalue weighted by atomic mass is 79.9. The lowest BCUT2D eigenvalue weighted by Gasteiger charge is -2.20. The van der Waals surface area contributed by atoms with Crippen LogP contribution in [0.25, 0.3) is 0 Å². The van der Waals surface area contributed by atoms with Crippen molar-refractivity contribution in [2.24, 2.45) is 0 Å². The summed E-state index contributed by atoms with van der Waals surface area (Å²) in [5.74, 6) is 0.260. The third-order valence-corrected chi connectivity index (χ3v) is 3.44. The molecule has 1 atom stereocenters. The lowest BCUT2D eigenvalue weighted by molar-refractivity contribution is -0.129. The minimum atomic E-state index is -0.150. The number of amides is 1. The SMILES string of the molecule is CCC(Br)C(=O)N(C)Cc1ccccc1O. The number of hydrogen-bond acceptors (Lipinski definition) is 2. The third-order valence-electron chi connectivity index (χ3n) is 2.40. The summed E-state index contributed by atoms with van der Waals surface area (Å²) in [6, 6.07) is 7.05. The van der Waals surface area contributed by atoms with Crippen molar-refractivity contribution < 1.29 is 9.90 Å². The molecule has 16 heavy (non-hydrogen) atoms. The molecular formula is C12H16BrNO2. The second-order valence-corrected chi connectivity index (χ2v) is 4.80. The van der Waals surface area contributed by atoms with Gasteiger partial charge in [0.1, 0.15) is 5.75 Å². The second kappa shape index (κ2) is 5.89. The number of para-hydroxylation sites is 1. The highest BCUT2D eigenvalue weighted by molar-refractivity contribution is 9.10. The van der Waals surface area contributed by atoms with Crippen LogP contribution in [0.4, 0.5) is 0 Å². The Balaban J connectivity index is 2.68. The van der Waals surface area contributed by atoms with E-state index in [4.69, 9.17) is 0 Å². The maximum atomic E-state index is 11.8. The summed E-state index contributed by atoms with van der Waals surface area (Å²) in [6.07, 6.45) is 0.754. The first-order valence-corrected chi connectivity index (χ1v) is 6.13. The van der Waals surface area contributed by atoms with E-state index in [2.05, 4.69) is 15.9 Å². The standard InChI is InChI=1S/C12H16BrNO2/c1-3-10(13)12(16)14(2)8-9-6-4-5-7-11(9)15/h4-7,10,15H,3,8H2,1-2H3. The van der Waals surface area contributed by atoms with E-state index in [0.29, 0.717) is 6.54 Å². The smallest absolute Gasteiger partial charge is 0.236 e. The molecule has 0 bridgehead atoms. The molecule has 0 heterocycles. The van der Waals surface area contributed by atoms with Gasteiger partial charge in [0.15, 0.2) is 0 Å². The number of rotatable bonds is 4. The summed E-state index contributed by atoms with van der Waals surface area (Å²) >= 11 is 3.32. The summed E-state index contributed by atoms with van der Waals surface area (Å²) in [6.45, 7) is 2.37. The van der Waals surface area contributed by atoms with Crippen LogP contribution in [-0.4, -0.2) is 27.8 Å². The number of halogens is 1. The fraction of sp³-hybridized carbons (Fsp3) is 0.417. The van der Waals surface area contributed by atoms with Crippen LogP contribution < -0.4 is 0 Å². The molecule has 0 radical (unpaired) electrons. The number of nitrogens with zero attached hydrogens (tertiary/aromatic N) is 1. The van der Waals surface area contributed by atoms with Gasteiger partial charge in [-0.3, -0.25) is 4.79 Å². The van der Waals surface area contributed by atoms with Gasteiger partial charge in [-0.15, -0.1) is 0 Å². The molecule has 0 saturated heterocycles. The Morgan fingerprint density at radius 2 is 2.12 bits per heavy atom. The Kier molecular flexibility index (Phi) is 4.80. The molecule has 1 aromatic carbocycles. The van der Waals surface area contributed by atoms with Crippen molar-refractivity contribution >= 4 is 21.8 Å². The predicted molar refractivity (Wildman–Crippen MR) is 67.6 cm³/mol. The van der Waals surface area contributed by atoms with Crippen molar-refractivity contribution in [3.05, 3.63) is 29.8 Å². The van der Waals surface area contributed by atoms with Crippen molar-refractivity contribution in [3.63, 3.8) is 0 Å². The molecule has 0 fully saturated rings. The first-order valence-electron chi connectivity index (χ1n) is 5.22. The van der Waals surface area contributed by atoms with E-state index < -0.39 is 0 Å². The molecule has 0 saturated carbocycles. The van der Waals surface area contributed by atoms with Gasteiger partial charge >= 0.3 is 0 Å². The fourth-order valence-corrected chi connectivity index (χ4v) is 1.74. The molecule has 0 aromatic heterocycles. The molecule has 88 valence electrons. The Labute approximate surface area is 104 Å². The van der Waals surface area contributed by atoms with Crippen molar-refractivity contribution in [2.45, 2.75) is 24.7 Å². The quantitative estimate of drug-likeness (QED) is 0.864. The minimum Gasteiger partial charge on any atom is -0.508 e. The zero-order valence-corrected chi connectivity index (χ0v) is 11.1. The van der Waals surface area contributed by atoms with Crippen LogP contribution in [0.3, 0.4) is 0 Å². The van der Waals surface area contributed by atoms with Gasteiger partial charge in [0.25, 0.3) is 0 Å². The average molecular weight is 286 g/mol. The lowest BCUT2D eigenvalue weighted by Crippen LogP contribution is -2.32.